The summed E-state index contributed by atoms with van der Waals surface area (Å²) in [5.74, 6) is 0.113. The lowest BCUT2D eigenvalue weighted by atomic mass is 9.94. The highest BCUT2D eigenvalue weighted by Gasteiger charge is 2.31. The number of fused-ring (bicyclic) bond motifs is 1. The second kappa shape index (κ2) is 7.04. The summed E-state index contributed by atoms with van der Waals surface area (Å²) in [5, 5.41) is 5.22. The number of hydrogen-bond donors (Lipinski definition) is 0. The van der Waals surface area contributed by atoms with Gasteiger partial charge in [0.15, 0.2) is 0 Å². The standard InChI is InChI=1S/C23H28N4O/c1-14-9-15(2)22-19(10-14)20(11-21(25-22)18-12-24-26(5)13-18)23(28)27-16(3)7-6-8-17(27)4/h9-13,16-17H,6-8H2,1-5H3/t16-,17+. The highest BCUT2D eigenvalue weighted by atomic mass is 16.2. The van der Waals surface area contributed by atoms with Gasteiger partial charge in [0, 0.05) is 36.3 Å². The molecule has 0 saturated carbocycles. The Morgan fingerprint density at radius 1 is 1.11 bits per heavy atom. The number of aryl methyl sites for hydroxylation is 3. The Kier molecular flexibility index (Phi) is 4.69. The molecule has 0 N–H and O–H groups in total. The summed E-state index contributed by atoms with van der Waals surface area (Å²) in [4.78, 5) is 20.7. The first kappa shape index (κ1) is 18.7. The Hall–Kier alpha value is -2.69. The third kappa shape index (κ3) is 3.19. The van der Waals surface area contributed by atoms with Crippen molar-refractivity contribution < 1.29 is 4.79 Å². The van der Waals surface area contributed by atoms with Gasteiger partial charge in [0.25, 0.3) is 5.91 Å². The fourth-order valence-electron chi connectivity index (χ4n) is 4.52. The molecule has 0 aliphatic carbocycles. The molecule has 4 rings (SSSR count). The summed E-state index contributed by atoms with van der Waals surface area (Å²) in [6, 6.07) is 6.69. The van der Waals surface area contributed by atoms with Gasteiger partial charge in [0.05, 0.1) is 23.0 Å². The molecule has 1 fully saturated rings. The molecule has 1 aliphatic heterocycles. The average molecular weight is 377 g/mol. The van der Waals surface area contributed by atoms with Crippen LogP contribution in [0.4, 0.5) is 0 Å². The zero-order valence-corrected chi connectivity index (χ0v) is 17.4. The molecule has 5 heteroatoms. The third-order valence-corrected chi connectivity index (χ3v) is 5.91. The SMILES string of the molecule is Cc1cc(C)c2nc(-c3cnn(C)c3)cc(C(=O)N3[C@H](C)CCC[C@@H]3C)c2c1. The van der Waals surface area contributed by atoms with Crippen molar-refractivity contribution in [1.82, 2.24) is 19.7 Å². The number of hydrogen-bond acceptors (Lipinski definition) is 3. The van der Waals surface area contributed by atoms with Crippen LogP contribution < -0.4 is 0 Å². The zero-order chi connectivity index (χ0) is 20.0. The van der Waals surface area contributed by atoms with Crippen molar-refractivity contribution >= 4 is 16.8 Å². The number of likely N-dealkylation sites (tertiary alicyclic amines) is 1. The fraction of sp³-hybridized carbons (Fsp3) is 0.435. The lowest BCUT2D eigenvalue weighted by Crippen LogP contribution is -2.47. The van der Waals surface area contributed by atoms with Crippen molar-refractivity contribution in [2.24, 2.45) is 7.05 Å². The molecule has 3 aromatic rings. The summed E-state index contributed by atoms with van der Waals surface area (Å²) in [7, 11) is 1.89. The maximum atomic E-state index is 13.7. The summed E-state index contributed by atoms with van der Waals surface area (Å²) < 4.78 is 1.76. The molecule has 2 aromatic heterocycles. The van der Waals surface area contributed by atoms with Gasteiger partial charge in [-0.2, -0.15) is 5.10 Å². The molecular formula is C23H28N4O. The second-order valence-corrected chi connectivity index (χ2v) is 8.28. The van der Waals surface area contributed by atoms with E-state index in [1.807, 2.05) is 19.3 Å². The van der Waals surface area contributed by atoms with Crippen LogP contribution in [0.3, 0.4) is 0 Å². The predicted molar refractivity (Wildman–Crippen MR) is 112 cm³/mol. The highest BCUT2D eigenvalue weighted by Crippen LogP contribution is 2.31. The van der Waals surface area contributed by atoms with Gasteiger partial charge in [-0.15, -0.1) is 0 Å². The maximum absolute atomic E-state index is 13.7. The van der Waals surface area contributed by atoms with E-state index in [-0.39, 0.29) is 18.0 Å². The molecule has 1 amide bonds. The Labute approximate surface area is 166 Å². The number of piperidine rings is 1. The van der Waals surface area contributed by atoms with Crippen molar-refractivity contribution in [2.45, 2.75) is 59.0 Å². The van der Waals surface area contributed by atoms with Gasteiger partial charge >= 0.3 is 0 Å². The Balaban J connectivity index is 1.93. The molecule has 5 nitrogen and oxygen atoms in total. The smallest absolute Gasteiger partial charge is 0.255 e. The molecule has 28 heavy (non-hydrogen) atoms. The van der Waals surface area contributed by atoms with Gasteiger partial charge in [-0.3, -0.25) is 9.48 Å². The first-order valence-electron chi connectivity index (χ1n) is 10.1. The lowest BCUT2D eigenvalue weighted by molar-refractivity contribution is 0.0513. The topological polar surface area (TPSA) is 51.0 Å². The van der Waals surface area contributed by atoms with Crippen molar-refractivity contribution in [3.63, 3.8) is 0 Å². The molecule has 0 unspecified atom stereocenters. The number of nitrogens with zero attached hydrogens (tertiary/aromatic N) is 4. The normalized spacial score (nSPS) is 20.0. The van der Waals surface area contributed by atoms with Gasteiger partial charge < -0.3 is 4.90 Å². The molecule has 1 saturated heterocycles. The molecule has 0 bridgehead atoms. The molecular weight excluding hydrogens is 348 g/mol. The molecule has 3 heterocycles. The van der Waals surface area contributed by atoms with Crippen LogP contribution in [0.2, 0.25) is 0 Å². The monoisotopic (exact) mass is 376 g/mol. The van der Waals surface area contributed by atoms with E-state index in [2.05, 4.69) is 49.8 Å². The molecule has 2 atom stereocenters. The lowest BCUT2D eigenvalue weighted by Gasteiger charge is -2.39. The van der Waals surface area contributed by atoms with E-state index in [9.17, 15) is 4.79 Å². The minimum atomic E-state index is 0.113. The van der Waals surface area contributed by atoms with Gasteiger partial charge in [-0.1, -0.05) is 11.6 Å². The number of amides is 1. The van der Waals surface area contributed by atoms with Crippen LogP contribution in [-0.4, -0.2) is 37.7 Å². The number of pyridine rings is 1. The van der Waals surface area contributed by atoms with Crippen molar-refractivity contribution in [2.75, 3.05) is 0 Å². The number of aromatic nitrogens is 3. The largest absolute Gasteiger partial charge is 0.333 e. The van der Waals surface area contributed by atoms with Gasteiger partial charge in [-0.05, 0) is 64.7 Å². The van der Waals surface area contributed by atoms with Gasteiger partial charge in [0.2, 0.25) is 0 Å². The predicted octanol–water partition coefficient (Wildman–Crippen LogP) is 4.66. The van der Waals surface area contributed by atoms with E-state index < -0.39 is 0 Å². The summed E-state index contributed by atoms with van der Waals surface area (Å²) in [5.41, 5.74) is 5.61. The molecule has 0 radical (unpaired) electrons. The van der Waals surface area contributed by atoms with E-state index in [0.29, 0.717) is 0 Å². The van der Waals surface area contributed by atoms with Crippen LogP contribution in [0, 0.1) is 13.8 Å². The summed E-state index contributed by atoms with van der Waals surface area (Å²) in [6.45, 7) is 8.46. The summed E-state index contributed by atoms with van der Waals surface area (Å²) in [6.07, 6.45) is 7.05. The zero-order valence-electron chi connectivity index (χ0n) is 17.4. The average Bonchev–Trinajstić information content (AvgIpc) is 3.07. The molecule has 1 aromatic carbocycles. The van der Waals surface area contributed by atoms with Crippen LogP contribution in [-0.2, 0) is 7.05 Å². The van der Waals surface area contributed by atoms with Crippen LogP contribution in [0.15, 0.2) is 30.6 Å². The Bertz CT molecular complexity index is 1040. The first-order chi connectivity index (χ1) is 13.3. The van der Waals surface area contributed by atoms with Crippen LogP contribution >= 0.6 is 0 Å². The molecule has 1 aliphatic rings. The minimum absolute atomic E-state index is 0.113. The third-order valence-electron chi connectivity index (χ3n) is 5.91. The van der Waals surface area contributed by atoms with E-state index in [0.717, 1.165) is 51.7 Å². The quantitative estimate of drug-likeness (QED) is 0.654. The van der Waals surface area contributed by atoms with Crippen molar-refractivity contribution in [3.05, 3.63) is 47.3 Å². The van der Waals surface area contributed by atoms with Crippen molar-refractivity contribution in [3.8, 4) is 11.3 Å². The summed E-state index contributed by atoms with van der Waals surface area (Å²) >= 11 is 0. The maximum Gasteiger partial charge on any atom is 0.255 e. The van der Waals surface area contributed by atoms with E-state index in [1.54, 1.807) is 10.9 Å². The van der Waals surface area contributed by atoms with Crippen LogP contribution in [0.1, 0.15) is 54.6 Å². The Morgan fingerprint density at radius 2 is 1.82 bits per heavy atom. The minimum Gasteiger partial charge on any atom is -0.333 e. The van der Waals surface area contributed by atoms with Crippen molar-refractivity contribution in [1.29, 1.82) is 0 Å². The number of carbonyl (C=O) groups is 1. The van der Waals surface area contributed by atoms with E-state index in [4.69, 9.17) is 4.98 Å². The molecule has 0 spiro atoms. The van der Waals surface area contributed by atoms with Crippen LogP contribution in [0.25, 0.3) is 22.2 Å². The highest BCUT2D eigenvalue weighted by molar-refractivity contribution is 6.08. The van der Waals surface area contributed by atoms with Crippen LogP contribution in [0.5, 0.6) is 0 Å². The fourth-order valence-corrected chi connectivity index (χ4v) is 4.52. The van der Waals surface area contributed by atoms with Gasteiger partial charge in [0.1, 0.15) is 0 Å². The van der Waals surface area contributed by atoms with E-state index in [1.165, 1.54) is 6.42 Å². The number of rotatable bonds is 2. The second-order valence-electron chi connectivity index (χ2n) is 8.28. The number of benzene rings is 1. The van der Waals surface area contributed by atoms with E-state index >= 15 is 0 Å². The molecule has 146 valence electrons. The Morgan fingerprint density at radius 3 is 2.46 bits per heavy atom. The number of carbonyl (C=O) groups excluding carboxylic acids is 1. The van der Waals surface area contributed by atoms with Gasteiger partial charge in [-0.25, -0.2) is 4.98 Å². The first-order valence-corrected chi connectivity index (χ1v) is 10.1.